The highest BCUT2D eigenvalue weighted by atomic mass is 16.4. The van der Waals surface area contributed by atoms with Gasteiger partial charge in [-0.05, 0) is 24.3 Å². The number of carboxylic acid groups (broad SMARTS) is 1. The zero-order valence-corrected chi connectivity index (χ0v) is 14.7. The van der Waals surface area contributed by atoms with E-state index in [4.69, 9.17) is 5.11 Å². The van der Waals surface area contributed by atoms with Crippen molar-refractivity contribution in [2.75, 3.05) is 26.2 Å². The molecule has 7 heteroatoms. The maximum Gasteiger partial charge on any atom is 0.404 e. The van der Waals surface area contributed by atoms with Gasteiger partial charge in [0.1, 0.15) is 0 Å². The van der Waals surface area contributed by atoms with Crippen LogP contribution in [0.2, 0.25) is 0 Å². The van der Waals surface area contributed by atoms with Crippen molar-refractivity contribution in [2.45, 2.75) is 6.04 Å². The maximum atomic E-state index is 12.8. The van der Waals surface area contributed by atoms with Gasteiger partial charge in [-0.15, -0.1) is 0 Å². The Morgan fingerprint density at radius 2 is 1.44 bits per heavy atom. The number of rotatable bonds is 4. The standard InChI is InChI=1S/C20H21N3O4/c24-18(15-7-3-1-4-8-15)22-11-12-23(17(14-22)13-21-20(26)27)19(25)16-9-5-2-6-10-16/h1-10,17,21H,11-14H2,(H,26,27). The fourth-order valence-corrected chi connectivity index (χ4v) is 3.20. The first-order chi connectivity index (χ1) is 13.1. The normalized spacial score (nSPS) is 16.7. The van der Waals surface area contributed by atoms with Crippen molar-refractivity contribution in [2.24, 2.45) is 0 Å². The van der Waals surface area contributed by atoms with Crippen LogP contribution in [0.15, 0.2) is 60.7 Å². The summed E-state index contributed by atoms with van der Waals surface area (Å²) in [5.41, 5.74) is 1.12. The van der Waals surface area contributed by atoms with Gasteiger partial charge in [-0.2, -0.15) is 0 Å². The summed E-state index contributed by atoms with van der Waals surface area (Å²) in [5, 5.41) is 11.3. The van der Waals surface area contributed by atoms with Crippen LogP contribution in [0.1, 0.15) is 20.7 Å². The van der Waals surface area contributed by atoms with Crippen LogP contribution in [0, 0.1) is 0 Å². The molecule has 0 saturated carbocycles. The second-order valence-electron chi connectivity index (χ2n) is 6.32. The smallest absolute Gasteiger partial charge is 0.404 e. The van der Waals surface area contributed by atoms with E-state index in [0.29, 0.717) is 24.2 Å². The van der Waals surface area contributed by atoms with Crippen LogP contribution >= 0.6 is 0 Å². The van der Waals surface area contributed by atoms with Crippen LogP contribution in [-0.4, -0.2) is 65.0 Å². The molecule has 0 spiro atoms. The molecule has 1 aliphatic heterocycles. The zero-order chi connectivity index (χ0) is 19.2. The molecular weight excluding hydrogens is 346 g/mol. The van der Waals surface area contributed by atoms with Gasteiger partial charge in [-0.25, -0.2) is 4.79 Å². The molecule has 27 heavy (non-hydrogen) atoms. The predicted molar refractivity (Wildman–Crippen MR) is 99.6 cm³/mol. The molecule has 2 aromatic carbocycles. The molecule has 1 fully saturated rings. The number of nitrogens with zero attached hydrogens (tertiary/aromatic N) is 2. The lowest BCUT2D eigenvalue weighted by Crippen LogP contribution is -2.59. The van der Waals surface area contributed by atoms with Crippen molar-refractivity contribution in [1.82, 2.24) is 15.1 Å². The number of hydrogen-bond donors (Lipinski definition) is 2. The summed E-state index contributed by atoms with van der Waals surface area (Å²) in [4.78, 5) is 39.8. The molecule has 3 amide bonds. The summed E-state index contributed by atoms with van der Waals surface area (Å²) in [6, 6.07) is 17.3. The van der Waals surface area contributed by atoms with Gasteiger partial charge in [0.15, 0.2) is 0 Å². The first-order valence-corrected chi connectivity index (χ1v) is 8.73. The van der Waals surface area contributed by atoms with Crippen LogP contribution in [0.3, 0.4) is 0 Å². The first kappa shape index (κ1) is 18.4. The quantitative estimate of drug-likeness (QED) is 0.864. The number of benzene rings is 2. The Kier molecular flexibility index (Phi) is 5.71. The van der Waals surface area contributed by atoms with Crippen molar-refractivity contribution in [3.8, 4) is 0 Å². The fourth-order valence-electron chi connectivity index (χ4n) is 3.20. The third kappa shape index (κ3) is 4.44. The highest BCUT2D eigenvalue weighted by Crippen LogP contribution is 2.16. The van der Waals surface area contributed by atoms with Gasteiger partial charge in [0, 0.05) is 37.3 Å². The van der Waals surface area contributed by atoms with Gasteiger partial charge >= 0.3 is 6.09 Å². The molecule has 1 aliphatic rings. The molecule has 2 aromatic rings. The molecule has 0 radical (unpaired) electrons. The Balaban J connectivity index is 1.77. The highest BCUT2D eigenvalue weighted by Gasteiger charge is 2.33. The average molecular weight is 367 g/mol. The predicted octanol–water partition coefficient (Wildman–Crippen LogP) is 1.92. The summed E-state index contributed by atoms with van der Waals surface area (Å²) in [7, 11) is 0. The molecule has 0 aromatic heterocycles. The number of amides is 3. The van der Waals surface area contributed by atoms with Crippen molar-refractivity contribution < 1.29 is 19.5 Å². The SMILES string of the molecule is O=C(O)NCC1CN(C(=O)c2ccccc2)CCN1C(=O)c1ccccc1. The first-order valence-electron chi connectivity index (χ1n) is 8.73. The molecular formula is C20H21N3O4. The van der Waals surface area contributed by atoms with E-state index in [1.165, 1.54) is 0 Å². The van der Waals surface area contributed by atoms with Gasteiger partial charge in [0.2, 0.25) is 0 Å². The number of carbonyl (C=O) groups is 3. The lowest BCUT2D eigenvalue weighted by molar-refractivity contribution is 0.0386. The average Bonchev–Trinajstić information content (AvgIpc) is 2.72. The molecule has 3 rings (SSSR count). The number of piperazine rings is 1. The van der Waals surface area contributed by atoms with E-state index in [2.05, 4.69) is 5.32 Å². The molecule has 1 unspecified atom stereocenters. The van der Waals surface area contributed by atoms with E-state index < -0.39 is 12.1 Å². The van der Waals surface area contributed by atoms with Crippen molar-refractivity contribution in [3.63, 3.8) is 0 Å². The van der Waals surface area contributed by atoms with Crippen LogP contribution in [0.25, 0.3) is 0 Å². The minimum Gasteiger partial charge on any atom is -0.465 e. The molecule has 1 atom stereocenters. The fraction of sp³-hybridized carbons (Fsp3) is 0.250. The largest absolute Gasteiger partial charge is 0.465 e. The Bertz CT molecular complexity index is 810. The zero-order valence-electron chi connectivity index (χ0n) is 14.7. The van der Waals surface area contributed by atoms with E-state index in [-0.39, 0.29) is 24.9 Å². The third-order valence-corrected chi connectivity index (χ3v) is 4.56. The van der Waals surface area contributed by atoms with Crippen LogP contribution in [0.4, 0.5) is 4.79 Å². The second-order valence-corrected chi connectivity index (χ2v) is 6.32. The summed E-state index contributed by atoms with van der Waals surface area (Å²) in [6.07, 6.45) is -1.16. The highest BCUT2D eigenvalue weighted by molar-refractivity contribution is 5.96. The van der Waals surface area contributed by atoms with E-state index in [1.54, 1.807) is 58.3 Å². The van der Waals surface area contributed by atoms with Crippen LogP contribution < -0.4 is 5.32 Å². The van der Waals surface area contributed by atoms with E-state index in [0.717, 1.165) is 0 Å². The monoisotopic (exact) mass is 367 g/mol. The lowest BCUT2D eigenvalue weighted by atomic mass is 10.1. The molecule has 1 heterocycles. The third-order valence-electron chi connectivity index (χ3n) is 4.56. The number of nitrogens with one attached hydrogen (secondary N) is 1. The minimum absolute atomic E-state index is 0.0620. The lowest BCUT2D eigenvalue weighted by Gasteiger charge is -2.41. The van der Waals surface area contributed by atoms with Gasteiger partial charge in [-0.3, -0.25) is 9.59 Å². The molecule has 2 N–H and O–H groups in total. The molecule has 140 valence electrons. The topological polar surface area (TPSA) is 89.9 Å². The molecule has 0 aliphatic carbocycles. The van der Waals surface area contributed by atoms with Crippen LogP contribution in [-0.2, 0) is 0 Å². The summed E-state index contributed by atoms with van der Waals surface area (Å²) in [5.74, 6) is -0.290. The van der Waals surface area contributed by atoms with Gasteiger partial charge in [-0.1, -0.05) is 36.4 Å². The Hall–Kier alpha value is -3.35. The summed E-state index contributed by atoms with van der Waals surface area (Å²) < 4.78 is 0. The number of hydrogen-bond acceptors (Lipinski definition) is 3. The maximum absolute atomic E-state index is 12.8. The minimum atomic E-state index is -1.16. The Morgan fingerprint density at radius 1 is 0.889 bits per heavy atom. The molecule has 0 bridgehead atoms. The van der Waals surface area contributed by atoms with E-state index >= 15 is 0 Å². The van der Waals surface area contributed by atoms with Crippen molar-refractivity contribution in [3.05, 3.63) is 71.8 Å². The van der Waals surface area contributed by atoms with Gasteiger partial charge in [0.25, 0.3) is 11.8 Å². The molecule has 7 nitrogen and oxygen atoms in total. The summed E-state index contributed by atoms with van der Waals surface area (Å²) >= 11 is 0. The van der Waals surface area contributed by atoms with Crippen molar-refractivity contribution in [1.29, 1.82) is 0 Å². The van der Waals surface area contributed by atoms with E-state index in [9.17, 15) is 14.4 Å². The van der Waals surface area contributed by atoms with Crippen molar-refractivity contribution >= 4 is 17.9 Å². The van der Waals surface area contributed by atoms with Gasteiger partial charge in [0.05, 0.1) is 6.04 Å². The van der Waals surface area contributed by atoms with Crippen LogP contribution in [0.5, 0.6) is 0 Å². The Morgan fingerprint density at radius 3 is 2.00 bits per heavy atom. The Labute approximate surface area is 157 Å². The molecule has 1 saturated heterocycles. The second kappa shape index (κ2) is 8.35. The number of carbonyl (C=O) groups excluding carboxylic acids is 2. The van der Waals surface area contributed by atoms with E-state index in [1.807, 2.05) is 12.1 Å². The summed E-state index contributed by atoms with van der Waals surface area (Å²) in [6.45, 7) is 1.08. The van der Waals surface area contributed by atoms with Gasteiger partial charge < -0.3 is 20.2 Å².